The van der Waals surface area contributed by atoms with Crippen LogP contribution in [-0.2, 0) is 11.8 Å². The van der Waals surface area contributed by atoms with Crippen molar-refractivity contribution in [2.24, 2.45) is 12.1 Å². The van der Waals surface area contributed by atoms with Gasteiger partial charge in [-0.3, -0.25) is 4.79 Å². The van der Waals surface area contributed by atoms with Crippen LogP contribution in [0.3, 0.4) is 0 Å². The molecule has 0 spiro atoms. The van der Waals surface area contributed by atoms with E-state index in [4.69, 9.17) is 11.6 Å². The van der Waals surface area contributed by atoms with Gasteiger partial charge in [-0.2, -0.15) is 5.10 Å². The monoisotopic (exact) mass is 451 g/mol. The van der Waals surface area contributed by atoms with Gasteiger partial charge in [0.15, 0.2) is 11.0 Å². The van der Waals surface area contributed by atoms with Crippen LogP contribution in [0, 0.1) is 0 Å². The second-order valence-electron chi connectivity index (χ2n) is 6.68. The zero-order chi connectivity index (χ0) is 21.8. The average molecular weight is 452 g/mol. The van der Waals surface area contributed by atoms with Crippen LogP contribution in [0.25, 0.3) is 22.2 Å². The molecule has 4 rings (SSSR count). The normalized spacial score (nSPS) is 11.3. The molecule has 0 atom stereocenters. The number of rotatable bonds is 6. The summed E-state index contributed by atoms with van der Waals surface area (Å²) in [5, 5.41) is 25.5. The number of carbonyl (C=O) groups is 1. The fourth-order valence-corrected chi connectivity index (χ4v) is 3.96. The van der Waals surface area contributed by atoms with Gasteiger partial charge in [0.1, 0.15) is 5.75 Å². The van der Waals surface area contributed by atoms with Crippen molar-refractivity contribution in [3.63, 3.8) is 0 Å². The predicted molar refractivity (Wildman–Crippen MR) is 124 cm³/mol. The Hall–Kier alpha value is -3.36. The molecule has 156 valence electrons. The van der Waals surface area contributed by atoms with E-state index in [-0.39, 0.29) is 17.4 Å². The van der Waals surface area contributed by atoms with Crippen molar-refractivity contribution in [1.29, 1.82) is 0 Å². The van der Waals surface area contributed by atoms with E-state index < -0.39 is 0 Å². The van der Waals surface area contributed by atoms with Crippen LogP contribution in [-0.4, -0.2) is 37.7 Å². The zero-order valence-electron chi connectivity index (χ0n) is 16.5. The maximum absolute atomic E-state index is 12.2. The summed E-state index contributed by atoms with van der Waals surface area (Å²) in [6.07, 6.45) is 1.44. The van der Waals surface area contributed by atoms with Crippen molar-refractivity contribution >= 4 is 46.3 Å². The number of amides is 1. The number of phenols is 1. The third kappa shape index (κ3) is 4.70. The maximum atomic E-state index is 12.2. The van der Waals surface area contributed by atoms with Crippen LogP contribution >= 0.6 is 23.4 Å². The molecule has 9 heteroatoms. The SMILES string of the molecule is Cn1c(SCC(=O)N/N=C\c2c(O)ccc3ccccc23)nnc1-c1cccc(Cl)c1. The van der Waals surface area contributed by atoms with E-state index in [2.05, 4.69) is 20.7 Å². The van der Waals surface area contributed by atoms with Crippen molar-refractivity contribution in [1.82, 2.24) is 20.2 Å². The topological polar surface area (TPSA) is 92.4 Å². The molecule has 0 radical (unpaired) electrons. The Kier molecular flexibility index (Phi) is 6.20. The maximum Gasteiger partial charge on any atom is 0.250 e. The lowest BCUT2D eigenvalue weighted by atomic mass is 10.0. The Morgan fingerprint density at radius 1 is 1.19 bits per heavy atom. The molecule has 0 unspecified atom stereocenters. The van der Waals surface area contributed by atoms with E-state index in [9.17, 15) is 9.90 Å². The lowest BCUT2D eigenvalue weighted by Crippen LogP contribution is -2.20. The number of aromatic hydroxyl groups is 1. The number of hydrogen-bond acceptors (Lipinski definition) is 6. The van der Waals surface area contributed by atoms with Crippen molar-refractivity contribution in [3.05, 3.63) is 71.2 Å². The van der Waals surface area contributed by atoms with Gasteiger partial charge in [-0.05, 0) is 29.0 Å². The molecule has 0 aliphatic heterocycles. The molecule has 0 fully saturated rings. The zero-order valence-corrected chi connectivity index (χ0v) is 18.1. The molecule has 4 aromatic rings. The summed E-state index contributed by atoms with van der Waals surface area (Å²) in [5.41, 5.74) is 3.87. The van der Waals surface area contributed by atoms with Gasteiger partial charge in [-0.15, -0.1) is 10.2 Å². The molecule has 1 aromatic heterocycles. The predicted octanol–water partition coefficient (Wildman–Crippen LogP) is 4.24. The molecule has 2 N–H and O–H groups in total. The lowest BCUT2D eigenvalue weighted by molar-refractivity contribution is -0.118. The Labute approximate surface area is 187 Å². The molecule has 31 heavy (non-hydrogen) atoms. The molecule has 0 saturated carbocycles. The summed E-state index contributed by atoms with van der Waals surface area (Å²) >= 11 is 7.29. The van der Waals surface area contributed by atoms with Crippen molar-refractivity contribution in [2.45, 2.75) is 5.16 Å². The minimum atomic E-state index is -0.298. The Morgan fingerprint density at radius 3 is 2.87 bits per heavy atom. The van der Waals surface area contributed by atoms with Crippen LogP contribution in [0.5, 0.6) is 5.75 Å². The molecule has 1 amide bonds. The highest BCUT2D eigenvalue weighted by Gasteiger charge is 2.13. The minimum Gasteiger partial charge on any atom is -0.507 e. The molecule has 0 saturated heterocycles. The fourth-order valence-electron chi connectivity index (χ4n) is 3.07. The van der Waals surface area contributed by atoms with Gasteiger partial charge in [0.05, 0.1) is 12.0 Å². The third-order valence-electron chi connectivity index (χ3n) is 4.58. The standard InChI is InChI=1S/C22H18ClN5O2S/c1-28-21(15-6-4-7-16(23)11-15)26-27-22(28)31-13-20(30)25-24-12-18-17-8-3-2-5-14(17)9-10-19(18)29/h2-12,29H,13H2,1H3,(H,25,30)/b24-12-. The highest BCUT2D eigenvalue weighted by Crippen LogP contribution is 2.26. The number of hydrogen-bond donors (Lipinski definition) is 2. The van der Waals surface area contributed by atoms with Gasteiger partial charge in [0.25, 0.3) is 5.91 Å². The highest BCUT2D eigenvalue weighted by molar-refractivity contribution is 7.99. The first-order valence-electron chi connectivity index (χ1n) is 9.33. The fraction of sp³-hybridized carbons (Fsp3) is 0.0909. The van der Waals surface area contributed by atoms with Crippen molar-refractivity contribution in [2.75, 3.05) is 5.75 Å². The number of nitrogens with zero attached hydrogens (tertiary/aromatic N) is 4. The van der Waals surface area contributed by atoms with Gasteiger partial charge in [-0.25, -0.2) is 5.43 Å². The van der Waals surface area contributed by atoms with E-state index in [1.54, 1.807) is 16.7 Å². The summed E-state index contributed by atoms with van der Waals surface area (Å²) in [4.78, 5) is 12.2. The van der Waals surface area contributed by atoms with Gasteiger partial charge < -0.3 is 9.67 Å². The van der Waals surface area contributed by atoms with E-state index >= 15 is 0 Å². The van der Waals surface area contributed by atoms with Gasteiger partial charge >= 0.3 is 0 Å². The number of halogens is 1. The second kappa shape index (κ2) is 9.20. The number of phenolic OH excluding ortho intramolecular Hbond substituents is 1. The van der Waals surface area contributed by atoms with Gasteiger partial charge in [0.2, 0.25) is 0 Å². The molecule has 0 aliphatic carbocycles. The molecule has 3 aromatic carbocycles. The number of thioether (sulfide) groups is 1. The largest absolute Gasteiger partial charge is 0.507 e. The molecular weight excluding hydrogens is 434 g/mol. The average Bonchev–Trinajstić information content (AvgIpc) is 3.14. The summed E-state index contributed by atoms with van der Waals surface area (Å²) in [6.45, 7) is 0. The van der Waals surface area contributed by atoms with Crippen LogP contribution in [0.4, 0.5) is 0 Å². The summed E-state index contributed by atoms with van der Waals surface area (Å²) in [5.74, 6) is 0.572. The van der Waals surface area contributed by atoms with Crippen LogP contribution < -0.4 is 5.43 Å². The van der Waals surface area contributed by atoms with Crippen LogP contribution in [0.2, 0.25) is 5.02 Å². The minimum absolute atomic E-state index is 0.0960. The highest BCUT2D eigenvalue weighted by atomic mass is 35.5. The summed E-state index contributed by atoms with van der Waals surface area (Å²) in [6, 6.07) is 18.4. The first-order chi connectivity index (χ1) is 15.0. The summed E-state index contributed by atoms with van der Waals surface area (Å²) in [7, 11) is 1.83. The summed E-state index contributed by atoms with van der Waals surface area (Å²) < 4.78 is 1.81. The molecule has 1 heterocycles. The molecule has 0 aliphatic rings. The molecule has 7 nitrogen and oxygen atoms in total. The van der Waals surface area contributed by atoms with Crippen molar-refractivity contribution in [3.8, 4) is 17.1 Å². The first kappa shape index (κ1) is 20.9. The van der Waals surface area contributed by atoms with Crippen LogP contribution in [0.1, 0.15) is 5.56 Å². The van der Waals surface area contributed by atoms with Crippen LogP contribution in [0.15, 0.2) is 70.9 Å². The van der Waals surface area contributed by atoms with Gasteiger partial charge in [-0.1, -0.05) is 65.8 Å². The second-order valence-corrected chi connectivity index (χ2v) is 8.06. The molecule has 0 bridgehead atoms. The number of hydrazone groups is 1. The molecular formula is C22H18ClN5O2S. The van der Waals surface area contributed by atoms with E-state index in [0.717, 1.165) is 16.3 Å². The Morgan fingerprint density at radius 2 is 2.03 bits per heavy atom. The number of fused-ring (bicyclic) bond motifs is 1. The Bertz CT molecular complexity index is 1290. The van der Waals surface area contributed by atoms with Crippen molar-refractivity contribution < 1.29 is 9.90 Å². The third-order valence-corrected chi connectivity index (χ3v) is 5.84. The van der Waals surface area contributed by atoms with E-state index in [0.29, 0.717) is 21.6 Å². The lowest BCUT2D eigenvalue weighted by Gasteiger charge is -2.05. The number of carbonyl (C=O) groups excluding carboxylic acids is 1. The number of benzene rings is 3. The number of nitrogens with one attached hydrogen (secondary N) is 1. The Balaban J connectivity index is 1.39. The first-order valence-corrected chi connectivity index (χ1v) is 10.7. The smallest absolute Gasteiger partial charge is 0.250 e. The van der Waals surface area contributed by atoms with E-state index in [1.807, 2.05) is 55.6 Å². The van der Waals surface area contributed by atoms with Gasteiger partial charge in [0, 0.05) is 23.2 Å². The van der Waals surface area contributed by atoms with E-state index in [1.165, 1.54) is 18.0 Å². The number of aromatic nitrogens is 3. The quantitative estimate of drug-likeness (QED) is 0.260.